The summed E-state index contributed by atoms with van der Waals surface area (Å²) in [7, 11) is 0. The van der Waals surface area contributed by atoms with Crippen LogP contribution in [0.5, 0.6) is 0 Å². The number of furan rings is 1. The average Bonchev–Trinajstić information content (AvgIpc) is 3.37. The van der Waals surface area contributed by atoms with Crippen molar-refractivity contribution >= 4 is 17.3 Å². The molecule has 2 aromatic rings. The van der Waals surface area contributed by atoms with Gasteiger partial charge in [0.1, 0.15) is 11.4 Å². The molecule has 27 heavy (non-hydrogen) atoms. The molecule has 6 nitrogen and oxygen atoms in total. The molecule has 0 bridgehead atoms. The highest BCUT2D eigenvalue weighted by Crippen LogP contribution is 2.25. The molecule has 2 aromatic heterocycles. The molecule has 2 rings (SSSR count). The Morgan fingerprint density at radius 2 is 2.04 bits per heavy atom. The van der Waals surface area contributed by atoms with Gasteiger partial charge in [0, 0.05) is 18.0 Å². The van der Waals surface area contributed by atoms with Crippen molar-refractivity contribution in [1.82, 2.24) is 15.5 Å². The van der Waals surface area contributed by atoms with Gasteiger partial charge in [-0.2, -0.15) is 0 Å². The van der Waals surface area contributed by atoms with E-state index in [2.05, 4.69) is 34.4 Å². The highest BCUT2D eigenvalue weighted by Gasteiger charge is 2.25. The Morgan fingerprint density at radius 1 is 1.26 bits per heavy atom. The van der Waals surface area contributed by atoms with Crippen LogP contribution in [0.2, 0.25) is 0 Å². The molecule has 7 heteroatoms. The number of guanidine groups is 1. The lowest BCUT2D eigenvalue weighted by Gasteiger charge is -2.29. The van der Waals surface area contributed by atoms with E-state index in [1.54, 1.807) is 24.5 Å². The fraction of sp³-hybridized carbons (Fsp3) is 0.550. The van der Waals surface area contributed by atoms with E-state index in [1.165, 1.54) is 0 Å². The summed E-state index contributed by atoms with van der Waals surface area (Å²) in [5.74, 6) is 1.63. The van der Waals surface area contributed by atoms with Gasteiger partial charge in [-0.25, -0.2) is 4.99 Å². The molecule has 0 aliphatic carbocycles. The lowest BCUT2D eigenvalue weighted by molar-refractivity contribution is 0.0711. The summed E-state index contributed by atoms with van der Waals surface area (Å²) in [6.45, 7) is 11.7. The first-order chi connectivity index (χ1) is 13.0. The van der Waals surface area contributed by atoms with Gasteiger partial charge < -0.3 is 20.2 Å². The lowest BCUT2D eigenvalue weighted by atomic mass is 10.1. The van der Waals surface area contributed by atoms with Crippen molar-refractivity contribution in [2.75, 3.05) is 32.7 Å². The smallest absolute Gasteiger partial charge is 0.191 e. The van der Waals surface area contributed by atoms with E-state index in [0.29, 0.717) is 19.0 Å². The predicted molar refractivity (Wildman–Crippen MR) is 112 cm³/mol. The van der Waals surface area contributed by atoms with E-state index in [0.717, 1.165) is 30.3 Å². The van der Waals surface area contributed by atoms with Gasteiger partial charge in [-0.05, 0) is 50.5 Å². The minimum absolute atomic E-state index is 0.122. The Balaban J connectivity index is 2.07. The van der Waals surface area contributed by atoms with Gasteiger partial charge in [0.15, 0.2) is 5.96 Å². The fourth-order valence-corrected chi connectivity index (χ4v) is 3.77. The maximum Gasteiger partial charge on any atom is 0.191 e. The molecule has 0 saturated heterocycles. The third kappa shape index (κ3) is 6.09. The number of nitrogens with zero attached hydrogens (tertiary/aromatic N) is 2. The van der Waals surface area contributed by atoms with Crippen LogP contribution in [0.4, 0.5) is 0 Å². The molecule has 0 fully saturated rings. The maximum atomic E-state index is 10.7. The minimum atomic E-state index is -0.976. The molecule has 0 spiro atoms. The molecule has 2 heterocycles. The first kappa shape index (κ1) is 21.5. The number of aliphatic imine (C=N–C) groups is 1. The lowest BCUT2D eigenvalue weighted by Crippen LogP contribution is -2.43. The van der Waals surface area contributed by atoms with Crippen molar-refractivity contribution in [1.29, 1.82) is 0 Å². The van der Waals surface area contributed by atoms with E-state index in [4.69, 9.17) is 4.42 Å². The minimum Gasteiger partial charge on any atom is -0.468 e. The van der Waals surface area contributed by atoms with Crippen LogP contribution in [0.1, 0.15) is 44.4 Å². The molecule has 150 valence electrons. The molecular formula is C20H32N4O2S. The Bertz CT molecular complexity index is 664. The van der Waals surface area contributed by atoms with Crippen LogP contribution in [0, 0.1) is 0 Å². The molecule has 0 aliphatic rings. The Morgan fingerprint density at radius 3 is 2.59 bits per heavy atom. The van der Waals surface area contributed by atoms with Crippen molar-refractivity contribution in [3.05, 3.63) is 46.5 Å². The zero-order valence-electron chi connectivity index (χ0n) is 16.7. The number of rotatable bonds is 10. The molecule has 2 atom stereocenters. The SMILES string of the molecule is CCNC(=NCC(C)(O)c1cccs1)NCC(c1ccco1)N(CC)CC. The second-order valence-corrected chi connectivity index (χ2v) is 7.53. The molecule has 2 unspecified atom stereocenters. The second kappa shape index (κ2) is 10.5. The molecule has 0 radical (unpaired) electrons. The van der Waals surface area contributed by atoms with Crippen LogP contribution in [0.15, 0.2) is 45.3 Å². The first-order valence-corrected chi connectivity index (χ1v) is 10.5. The van der Waals surface area contributed by atoms with Crippen LogP contribution in [0.3, 0.4) is 0 Å². The molecule has 0 aromatic carbocycles. The molecule has 0 aliphatic heterocycles. The summed E-state index contributed by atoms with van der Waals surface area (Å²) >= 11 is 1.54. The summed E-state index contributed by atoms with van der Waals surface area (Å²) in [6.07, 6.45) is 1.71. The van der Waals surface area contributed by atoms with E-state index in [9.17, 15) is 5.11 Å². The standard InChI is InChI=1S/C20H32N4O2S/c1-5-21-19(23-15-20(4,25)18-11-9-13-27-18)22-14-16(24(6-2)7-3)17-10-8-12-26-17/h8-13,16,25H,5-7,14-15H2,1-4H3,(H2,21,22,23). The number of likely N-dealkylation sites (N-methyl/N-ethyl adjacent to an activating group) is 1. The van der Waals surface area contributed by atoms with E-state index in [-0.39, 0.29) is 6.04 Å². The largest absolute Gasteiger partial charge is 0.468 e. The van der Waals surface area contributed by atoms with Crippen LogP contribution in [-0.2, 0) is 5.60 Å². The van der Waals surface area contributed by atoms with Gasteiger partial charge in [0.05, 0.1) is 18.8 Å². The quantitative estimate of drug-likeness (QED) is 0.428. The Kier molecular flexibility index (Phi) is 8.34. The zero-order chi connectivity index (χ0) is 19.7. The van der Waals surface area contributed by atoms with E-state index in [1.807, 2.05) is 36.6 Å². The van der Waals surface area contributed by atoms with Gasteiger partial charge in [-0.1, -0.05) is 19.9 Å². The van der Waals surface area contributed by atoms with E-state index >= 15 is 0 Å². The molecular weight excluding hydrogens is 360 g/mol. The summed E-state index contributed by atoms with van der Waals surface area (Å²) in [5, 5.41) is 19.3. The Hall–Kier alpha value is -1.83. The number of aliphatic hydroxyl groups is 1. The van der Waals surface area contributed by atoms with Crippen molar-refractivity contribution in [3.63, 3.8) is 0 Å². The number of thiophene rings is 1. The third-order valence-electron chi connectivity index (χ3n) is 4.53. The number of hydrogen-bond donors (Lipinski definition) is 3. The first-order valence-electron chi connectivity index (χ1n) is 9.57. The van der Waals surface area contributed by atoms with Crippen molar-refractivity contribution in [2.45, 2.75) is 39.3 Å². The monoisotopic (exact) mass is 392 g/mol. The number of hydrogen-bond acceptors (Lipinski definition) is 5. The molecule has 0 saturated carbocycles. The average molecular weight is 393 g/mol. The summed E-state index contributed by atoms with van der Waals surface area (Å²) in [6, 6.07) is 7.93. The molecule has 3 N–H and O–H groups in total. The number of nitrogens with one attached hydrogen (secondary N) is 2. The van der Waals surface area contributed by atoms with Crippen LogP contribution >= 0.6 is 11.3 Å². The Labute approximate surface area is 166 Å². The highest BCUT2D eigenvalue weighted by molar-refractivity contribution is 7.10. The fourth-order valence-electron chi connectivity index (χ4n) is 2.99. The van der Waals surface area contributed by atoms with Crippen LogP contribution in [0.25, 0.3) is 0 Å². The predicted octanol–water partition coefficient (Wildman–Crippen LogP) is 3.19. The third-order valence-corrected chi connectivity index (χ3v) is 5.65. The van der Waals surface area contributed by atoms with Crippen molar-refractivity contribution < 1.29 is 9.52 Å². The summed E-state index contributed by atoms with van der Waals surface area (Å²) in [5.41, 5.74) is -0.976. The van der Waals surface area contributed by atoms with Crippen LogP contribution in [-0.4, -0.2) is 48.7 Å². The van der Waals surface area contributed by atoms with Crippen molar-refractivity contribution in [2.24, 2.45) is 4.99 Å². The van der Waals surface area contributed by atoms with Gasteiger partial charge >= 0.3 is 0 Å². The summed E-state index contributed by atoms with van der Waals surface area (Å²) < 4.78 is 5.66. The topological polar surface area (TPSA) is 73.0 Å². The molecule has 0 amide bonds. The van der Waals surface area contributed by atoms with Gasteiger partial charge in [0.25, 0.3) is 0 Å². The van der Waals surface area contributed by atoms with Gasteiger partial charge in [0.2, 0.25) is 0 Å². The van der Waals surface area contributed by atoms with Crippen molar-refractivity contribution in [3.8, 4) is 0 Å². The normalized spacial score (nSPS) is 15.6. The zero-order valence-corrected chi connectivity index (χ0v) is 17.6. The summed E-state index contributed by atoms with van der Waals surface area (Å²) in [4.78, 5) is 7.87. The van der Waals surface area contributed by atoms with Crippen LogP contribution < -0.4 is 10.6 Å². The second-order valence-electron chi connectivity index (χ2n) is 6.58. The highest BCUT2D eigenvalue weighted by atomic mass is 32.1. The van der Waals surface area contributed by atoms with Gasteiger partial charge in [-0.15, -0.1) is 11.3 Å². The maximum absolute atomic E-state index is 10.7. The van der Waals surface area contributed by atoms with E-state index < -0.39 is 5.60 Å². The van der Waals surface area contributed by atoms with Gasteiger partial charge in [-0.3, -0.25) is 4.90 Å².